The first-order valence-corrected chi connectivity index (χ1v) is 5.76. The van der Waals surface area contributed by atoms with E-state index in [2.05, 4.69) is 16.5 Å². The number of anilines is 1. The van der Waals surface area contributed by atoms with Crippen LogP contribution in [0.5, 0.6) is 0 Å². The highest BCUT2D eigenvalue weighted by atomic mass is 32.2. The monoisotopic (exact) mass is 216 g/mol. The molecule has 0 bridgehead atoms. The predicted octanol–water partition coefficient (Wildman–Crippen LogP) is 1.42. The van der Waals surface area contributed by atoms with E-state index in [1.54, 1.807) is 0 Å². The smallest absolute Gasteiger partial charge is 0.220 e. The minimum atomic E-state index is 0.371. The zero-order valence-electron chi connectivity index (χ0n) is 7.41. The number of thioether (sulfide) groups is 1. The Kier molecular flexibility index (Phi) is 2.11. The van der Waals surface area contributed by atoms with Gasteiger partial charge in [-0.1, -0.05) is 0 Å². The second-order valence-electron chi connectivity index (χ2n) is 3.36. The molecule has 1 fully saturated rings. The zero-order chi connectivity index (χ0) is 9.47. The lowest BCUT2D eigenvalue weighted by atomic mass is 10.4. The number of rotatable bonds is 3. The molecule has 2 rings (SSSR count). The van der Waals surface area contributed by atoms with E-state index in [4.69, 9.17) is 18.0 Å². The summed E-state index contributed by atoms with van der Waals surface area (Å²) in [5.41, 5.74) is 5.68. The summed E-state index contributed by atoms with van der Waals surface area (Å²) in [6.07, 6.45) is 4.63. The Bertz CT molecular complexity index is 363. The number of nitrogens with zero attached hydrogens (tertiary/aromatic N) is 2. The molecule has 1 aliphatic rings. The van der Waals surface area contributed by atoms with Crippen molar-refractivity contribution in [2.24, 2.45) is 0 Å². The molecule has 72 valence electrons. The first-order valence-electron chi connectivity index (χ1n) is 4.13. The lowest BCUT2D eigenvalue weighted by Crippen LogP contribution is -2.15. The molecule has 0 saturated heterocycles. The van der Waals surface area contributed by atoms with Crippen LogP contribution in [0, 0.1) is 4.77 Å². The molecule has 0 amide bonds. The van der Waals surface area contributed by atoms with E-state index in [1.165, 1.54) is 12.8 Å². The van der Waals surface area contributed by atoms with Gasteiger partial charge in [0, 0.05) is 11.3 Å². The van der Waals surface area contributed by atoms with E-state index in [1.807, 2.05) is 16.3 Å². The van der Waals surface area contributed by atoms with Crippen molar-refractivity contribution in [3.8, 4) is 0 Å². The number of H-pyrrole nitrogens is 1. The Morgan fingerprint density at radius 3 is 2.85 bits per heavy atom. The van der Waals surface area contributed by atoms with Crippen molar-refractivity contribution in [3.63, 3.8) is 0 Å². The fourth-order valence-corrected chi connectivity index (χ4v) is 2.31. The molecular weight excluding hydrogens is 204 g/mol. The van der Waals surface area contributed by atoms with E-state index >= 15 is 0 Å². The van der Waals surface area contributed by atoms with Gasteiger partial charge in [-0.15, -0.1) is 5.10 Å². The average Bonchev–Trinajstić information content (AvgIpc) is 2.84. The van der Waals surface area contributed by atoms with Crippen LogP contribution in [0.1, 0.15) is 12.8 Å². The Labute approximate surface area is 85.9 Å². The number of nitrogens with two attached hydrogens (primary N) is 1. The van der Waals surface area contributed by atoms with Gasteiger partial charge in [0.2, 0.25) is 5.95 Å². The molecule has 1 aromatic heterocycles. The van der Waals surface area contributed by atoms with Gasteiger partial charge >= 0.3 is 0 Å². The fourth-order valence-electron chi connectivity index (χ4n) is 1.34. The standard InChI is InChI=1S/C7H12N4S2/c1-13-7(2-3-7)4-11-5(8)9-10-6(11)12/h2-4H2,1H3,(H2,8,9)(H,10,12). The SMILES string of the molecule is CSC1(Cn2c(N)n[nH]c2=S)CC1. The largest absolute Gasteiger partial charge is 0.368 e. The summed E-state index contributed by atoms with van der Waals surface area (Å²) in [4.78, 5) is 0. The summed E-state index contributed by atoms with van der Waals surface area (Å²) in [7, 11) is 0. The van der Waals surface area contributed by atoms with Crippen LogP contribution < -0.4 is 5.73 Å². The number of aromatic nitrogens is 3. The van der Waals surface area contributed by atoms with Crippen molar-refractivity contribution >= 4 is 29.9 Å². The van der Waals surface area contributed by atoms with Crippen molar-refractivity contribution in [1.29, 1.82) is 0 Å². The van der Waals surface area contributed by atoms with Gasteiger partial charge in [-0.2, -0.15) is 11.8 Å². The van der Waals surface area contributed by atoms with Gasteiger partial charge in [0.15, 0.2) is 4.77 Å². The highest BCUT2D eigenvalue weighted by Gasteiger charge is 2.42. The van der Waals surface area contributed by atoms with Crippen LogP contribution in [0.2, 0.25) is 0 Å². The topological polar surface area (TPSA) is 59.6 Å². The molecule has 0 spiro atoms. The van der Waals surface area contributed by atoms with Crippen LogP contribution in [0.25, 0.3) is 0 Å². The maximum absolute atomic E-state index is 5.68. The van der Waals surface area contributed by atoms with Gasteiger partial charge in [-0.05, 0) is 31.3 Å². The van der Waals surface area contributed by atoms with Gasteiger partial charge < -0.3 is 5.73 Å². The molecule has 0 radical (unpaired) electrons. The summed E-state index contributed by atoms with van der Waals surface area (Å²) in [6, 6.07) is 0. The lowest BCUT2D eigenvalue weighted by Gasteiger charge is -2.12. The van der Waals surface area contributed by atoms with E-state index in [9.17, 15) is 0 Å². The molecule has 4 nitrogen and oxygen atoms in total. The van der Waals surface area contributed by atoms with E-state index < -0.39 is 0 Å². The molecule has 1 heterocycles. The molecule has 3 N–H and O–H groups in total. The molecule has 1 aromatic rings. The molecule has 1 saturated carbocycles. The van der Waals surface area contributed by atoms with Gasteiger partial charge in [0.1, 0.15) is 0 Å². The fraction of sp³-hybridized carbons (Fsp3) is 0.714. The van der Waals surface area contributed by atoms with Gasteiger partial charge in [0.25, 0.3) is 0 Å². The third-order valence-electron chi connectivity index (χ3n) is 2.47. The lowest BCUT2D eigenvalue weighted by molar-refractivity contribution is 0.659. The van der Waals surface area contributed by atoms with Crippen LogP contribution >= 0.6 is 24.0 Å². The molecule has 0 aromatic carbocycles. The van der Waals surface area contributed by atoms with E-state index in [-0.39, 0.29) is 0 Å². The van der Waals surface area contributed by atoms with Crippen LogP contribution in [0.3, 0.4) is 0 Å². The Hall–Kier alpha value is -0.490. The molecule has 0 unspecified atom stereocenters. The maximum atomic E-state index is 5.68. The Morgan fingerprint density at radius 1 is 1.77 bits per heavy atom. The molecular formula is C7H12N4S2. The van der Waals surface area contributed by atoms with Crippen molar-refractivity contribution in [1.82, 2.24) is 14.8 Å². The molecule has 0 aliphatic heterocycles. The van der Waals surface area contributed by atoms with Crippen LogP contribution in [0.15, 0.2) is 0 Å². The highest BCUT2D eigenvalue weighted by molar-refractivity contribution is 8.00. The van der Waals surface area contributed by atoms with Crippen LogP contribution in [0.4, 0.5) is 5.95 Å². The minimum absolute atomic E-state index is 0.371. The summed E-state index contributed by atoms with van der Waals surface area (Å²) < 4.78 is 2.87. The molecule has 1 aliphatic carbocycles. The van der Waals surface area contributed by atoms with E-state index in [0.717, 1.165) is 6.54 Å². The first-order chi connectivity index (χ1) is 6.17. The maximum Gasteiger partial charge on any atom is 0.220 e. The second kappa shape index (κ2) is 3.02. The number of aromatic amines is 1. The van der Waals surface area contributed by atoms with Gasteiger partial charge in [0.05, 0.1) is 0 Å². The normalized spacial score (nSPS) is 18.8. The number of nitrogen functional groups attached to an aromatic ring is 1. The summed E-state index contributed by atoms with van der Waals surface area (Å²) >= 11 is 6.96. The molecule has 6 heteroatoms. The Morgan fingerprint density at radius 2 is 2.46 bits per heavy atom. The van der Waals surface area contributed by atoms with Crippen LogP contribution in [-0.4, -0.2) is 25.8 Å². The number of nitrogens with one attached hydrogen (secondary N) is 1. The third-order valence-corrected chi connectivity index (χ3v) is 4.19. The van der Waals surface area contributed by atoms with Crippen molar-refractivity contribution in [2.75, 3.05) is 12.0 Å². The minimum Gasteiger partial charge on any atom is -0.368 e. The van der Waals surface area contributed by atoms with Crippen molar-refractivity contribution < 1.29 is 0 Å². The van der Waals surface area contributed by atoms with Crippen molar-refractivity contribution in [2.45, 2.75) is 24.1 Å². The number of hydrogen-bond acceptors (Lipinski definition) is 4. The average molecular weight is 216 g/mol. The predicted molar refractivity (Wildman–Crippen MR) is 57.3 cm³/mol. The van der Waals surface area contributed by atoms with Gasteiger partial charge in [-0.3, -0.25) is 4.57 Å². The van der Waals surface area contributed by atoms with Crippen LogP contribution in [-0.2, 0) is 6.54 Å². The summed E-state index contributed by atoms with van der Waals surface area (Å²) in [5.74, 6) is 0.491. The first kappa shape index (κ1) is 9.08. The summed E-state index contributed by atoms with van der Waals surface area (Å²) in [5, 5.41) is 6.57. The third kappa shape index (κ3) is 1.60. The van der Waals surface area contributed by atoms with Crippen molar-refractivity contribution in [3.05, 3.63) is 4.77 Å². The molecule has 13 heavy (non-hydrogen) atoms. The summed E-state index contributed by atoms with van der Waals surface area (Å²) in [6.45, 7) is 0.884. The molecule has 0 atom stereocenters. The second-order valence-corrected chi connectivity index (χ2v) is 5.02. The zero-order valence-corrected chi connectivity index (χ0v) is 9.04. The quantitative estimate of drug-likeness (QED) is 0.750. The van der Waals surface area contributed by atoms with Gasteiger partial charge in [-0.25, -0.2) is 5.10 Å². The number of hydrogen-bond donors (Lipinski definition) is 2. The Balaban J connectivity index is 2.22. The van der Waals surface area contributed by atoms with E-state index in [0.29, 0.717) is 15.5 Å². The highest BCUT2D eigenvalue weighted by Crippen LogP contribution is 2.48.